The number of nitrogens with zero attached hydrogens (tertiary/aromatic N) is 5. The van der Waals surface area contributed by atoms with Gasteiger partial charge in [-0.2, -0.15) is 5.26 Å². The summed E-state index contributed by atoms with van der Waals surface area (Å²) in [4.78, 5) is 20.9. The van der Waals surface area contributed by atoms with E-state index in [1.54, 1.807) is 30.5 Å². The number of hydrogen-bond donors (Lipinski definition) is 0. The average molecular weight is 509 g/mol. The highest BCUT2D eigenvalue weighted by atomic mass is 35.5. The van der Waals surface area contributed by atoms with Crippen LogP contribution in [0.2, 0.25) is 5.02 Å². The summed E-state index contributed by atoms with van der Waals surface area (Å²) in [7, 11) is 1.56. The van der Waals surface area contributed by atoms with Crippen LogP contribution in [-0.2, 0) is 17.9 Å². The Balaban J connectivity index is 0.00000193. The Hall–Kier alpha value is -2.76. The van der Waals surface area contributed by atoms with Crippen LogP contribution < -0.4 is 9.64 Å². The number of halogens is 3. The van der Waals surface area contributed by atoms with Crippen molar-refractivity contribution in [3.8, 4) is 11.8 Å². The maximum Gasteiger partial charge on any atom is 0.241 e. The second-order valence-corrected chi connectivity index (χ2v) is 7.83. The van der Waals surface area contributed by atoms with Gasteiger partial charge in [0, 0.05) is 43.1 Å². The summed E-state index contributed by atoms with van der Waals surface area (Å²) in [5.41, 5.74) is 3.37. The van der Waals surface area contributed by atoms with Crippen LogP contribution in [0.3, 0.4) is 0 Å². The van der Waals surface area contributed by atoms with E-state index in [-0.39, 0.29) is 30.7 Å². The lowest BCUT2D eigenvalue weighted by Gasteiger charge is -2.34. The molecule has 0 saturated carbocycles. The zero-order chi connectivity index (χ0) is 21.8. The molecule has 1 aliphatic rings. The van der Waals surface area contributed by atoms with Gasteiger partial charge in [-0.1, -0.05) is 23.7 Å². The number of imidazole rings is 1. The maximum absolute atomic E-state index is 12.7. The second-order valence-electron chi connectivity index (χ2n) is 7.40. The Morgan fingerprint density at radius 2 is 1.97 bits per heavy atom. The topological polar surface area (TPSA) is 74.4 Å². The molecule has 1 aromatic heterocycles. The first kappa shape index (κ1) is 26.5. The van der Waals surface area contributed by atoms with Gasteiger partial charge in [-0.3, -0.25) is 9.69 Å². The van der Waals surface area contributed by atoms with Crippen molar-refractivity contribution in [1.29, 1.82) is 5.26 Å². The molecule has 0 radical (unpaired) electrons. The Morgan fingerprint density at radius 1 is 1.15 bits per heavy atom. The largest absolute Gasteiger partial charge is 0.495 e. The molecule has 0 aliphatic carbocycles. The van der Waals surface area contributed by atoms with Gasteiger partial charge in [0.25, 0.3) is 0 Å². The van der Waals surface area contributed by atoms with Crippen LogP contribution in [0.15, 0.2) is 55.0 Å². The summed E-state index contributed by atoms with van der Waals surface area (Å²) < 4.78 is 7.36. The van der Waals surface area contributed by atoms with Crippen molar-refractivity contribution in [3.05, 3.63) is 76.8 Å². The molecule has 174 valence electrons. The summed E-state index contributed by atoms with van der Waals surface area (Å²) in [6, 6.07) is 15.1. The first-order valence-electron chi connectivity index (χ1n) is 9.91. The molecular formula is C23H24Cl3N5O2. The number of piperazine rings is 1. The minimum atomic E-state index is 0. The van der Waals surface area contributed by atoms with E-state index in [9.17, 15) is 4.79 Å². The molecule has 1 fully saturated rings. The number of anilines is 1. The van der Waals surface area contributed by atoms with Gasteiger partial charge < -0.3 is 14.2 Å². The Labute approximate surface area is 210 Å². The molecular weight excluding hydrogens is 485 g/mol. The van der Waals surface area contributed by atoms with Gasteiger partial charge >= 0.3 is 0 Å². The molecule has 0 N–H and O–H groups in total. The van der Waals surface area contributed by atoms with Crippen LogP contribution in [0.1, 0.15) is 16.8 Å². The lowest BCUT2D eigenvalue weighted by atomic mass is 10.1. The van der Waals surface area contributed by atoms with Gasteiger partial charge in [0.05, 0.1) is 31.2 Å². The van der Waals surface area contributed by atoms with Crippen molar-refractivity contribution in [2.45, 2.75) is 13.1 Å². The minimum absolute atomic E-state index is 0. The van der Waals surface area contributed by atoms with Crippen molar-refractivity contribution >= 4 is 48.0 Å². The van der Waals surface area contributed by atoms with Crippen LogP contribution in [0, 0.1) is 11.3 Å². The van der Waals surface area contributed by atoms with Gasteiger partial charge in [-0.15, -0.1) is 24.8 Å². The third kappa shape index (κ3) is 6.18. The number of aromatic nitrogens is 2. The molecule has 0 bridgehead atoms. The minimum Gasteiger partial charge on any atom is -0.495 e. The molecule has 33 heavy (non-hydrogen) atoms. The summed E-state index contributed by atoms with van der Waals surface area (Å²) in [6.07, 6.45) is 3.61. The molecule has 4 rings (SSSR count). The highest BCUT2D eigenvalue weighted by Gasteiger charge is 2.25. The number of carbonyl (C=O) groups is 1. The van der Waals surface area contributed by atoms with Gasteiger partial charge in [0.15, 0.2) is 0 Å². The van der Waals surface area contributed by atoms with E-state index in [2.05, 4.69) is 20.5 Å². The molecule has 1 aliphatic heterocycles. The summed E-state index contributed by atoms with van der Waals surface area (Å²) in [6.45, 7) is 2.94. The summed E-state index contributed by atoms with van der Waals surface area (Å²) >= 11 is 6.07. The number of rotatable bonds is 6. The molecule has 3 aromatic rings. The van der Waals surface area contributed by atoms with Crippen molar-refractivity contribution in [2.75, 3.05) is 31.6 Å². The van der Waals surface area contributed by atoms with E-state index in [0.717, 1.165) is 23.5 Å². The fourth-order valence-corrected chi connectivity index (χ4v) is 3.93. The highest BCUT2D eigenvalue weighted by molar-refractivity contribution is 6.30. The number of nitriles is 1. The standard InChI is InChI=1S/C23H22ClN5O2.2ClH/c1-31-22-9-17(5-6-18(22)11-25)13-28-16-26-12-21(28)14-27-7-8-29(23(30)15-27)20-4-2-3-19(24)10-20;;/h2-6,9-10,12,16H,7-8,13-15H2,1H3;2*1H. The molecule has 7 nitrogen and oxygen atoms in total. The van der Waals surface area contributed by atoms with Crippen LogP contribution in [0.5, 0.6) is 5.75 Å². The summed E-state index contributed by atoms with van der Waals surface area (Å²) in [5.74, 6) is 0.612. The third-order valence-corrected chi connectivity index (χ3v) is 5.58. The number of methoxy groups -OCH3 is 1. The van der Waals surface area contributed by atoms with E-state index in [1.807, 2.05) is 36.5 Å². The molecule has 10 heteroatoms. The lowest BCUT2D eigenvalue weighted by molar-refractivity contribution is -0.121. The normalized spacial score (nSPS) is 13.6. The average Bonchev–Trinajstić information content (AvgIpc) is 3.20. The van der Waals surface area contributed by atoms with E-state index in [1.165, 1.54) is 0 Å². The van der Waals surface area contributed by atoms with Crippen LogP contribution in [-0.4, -0.2) is 47.1 Å². The molecule has 0 unspecified atom stereocenters. The van der Waals surface area contributed by atoms with Crippen molar-refractivity contribution in [3.63, 3.8) is 0 Å². The molecule has 0 atom stereocenters. The summed E-state index contributed by atoms with van der Waals surface area (Å²) in [5, 5.41) is 9.78. The van der Waals surface area contributed by atoms with Crippen LogP contribution in [0.4, 0.5) is 5.69 Å². The first-order chi connectivity index (χ1) is 15.1. The van der Waals surface area contributed by atoms with Crippen molar-refractivity contribution in [2.24, 2.45) is 0 Å². The van der Waals surface area contributed by atoms with Gasteiger partial charge in [-0.05, 0) is 35.9 Å². The Bertz CT molecular complexity index is 1150. The smallest absolute Gasteiger partial charge is 0.241 e. The molecule has 2 aromatic carbocycles. The van der Waals surface area contributed by atoms with Gasteiger partial charge in [0.2, 0.25) is 5.91 Å². The predicted octanol–water partition coefficient (Wildman–Crippen LogP) is 4.16. The number of benzene rings is 2. The number of hydrogen-bond acceptors (Lipinski definition) is 5. The van der Waals surface area contributed by atoms with E-state index < -0.39 is 0 Å². The molecule has 2 heterocycles. The second kappa shape index (κ2) is 11.9. The molecule has 1 amide bonds. The van der Waals surface area contributed by atoms with Crippen molar-refractivity contribution < 1.29 is 9.53 Å². The fraction of sp³-hybridized carbons (Fsp3) is 0.261. The lowest BCUT2D eigenvalue weighted by Crippen LogP contribution is -2.50. The first-order valence-corrected chi connectivity index (χ1v) is 10.3. The third-order valence-electron chi connectivity index (χ3n) is 5.34. The predicted molar refractivity (Wildman–Crippen MR) is 133 cm³/mol. The zero-order valence-corrected chi connectivity index (χ0v) is 20.4. The number of carbonyl (C=O) groups excluding carboxylic acids is 1. The van der Waals surface area contributed by atoms with Crippen molar-refractivity contribution in [1.82, 2.24) is 14.5 Å². The maximum atomic E-state index is 12.7. The number of amides is 1. The van der Waals surface area contributed by atoms with E-state index in [0.29, 0.717) is 42.5 Å². The van der Waals surface area contributed by atoms with E-state index in [4.69, 9.17) is 21.6 Å². The van der Waals surface area contributed by atoms with Gasteiger partial charge in [-0.25, -0.2) is 4.98 Å². The molecule has 0 spiro atoms. The van der Waals surface area contributed by atoms with Crippen LogP contribution in [0.25, 0.3) is 0 Å². The van der Waals surface area contributed by atoms with E-state index >= 15 is 0 Å². The number of ether oxygens (including phenoxy) is 1. The quantitative estimate of drug-likeness (QED) is 0.500. The zero-order valence-electron chi connectivity index (χ0n) is 18.0. The monoisotopic (exact) mass is 507 g/mol. The van der Waals surface area contributed by atoms with Gasteiger partial charge in [0.1, 0.15) is 11.8 Å². The highest BCUT2D eigenvalue weighted by Crippen LogP contribution is 2.23. The Morgan fingerprint density at radius 3 is 2.67 bits per heavy atom. The molecule has 1 saturated heterocycles. The Kier molecular flexibility index (Phi) is 9.56. The SMILES string of the molecule is COc1cc(Cn2cncc2CN2CCN(c3cccc(Cl)c3)C(=O)C2)ccc1C#N.Cl.Cl. The fourth-order valence-electron chi connectivity index (χ4n) is 3.75. The van der Waals surface area contributed by atoms with Crippen LogP contribution >= 0.6 is 36.4 Å².